The minimum Gasteiger partial charge on any atom is -0.406 e. The molecule has 1 saturated heterocycles. The number of hydrogen-bond donors (Lipinski definition) is 1. The molecule has 0 radical (unpaired) electrons. The Labute approximate surface area is 187 Å². The first-order valence-electron chi connectivity index (χ1n) is 10.8. The zero-order valence-electron chi connectivity index (χ0n) is 19.3. The Morgan fingerprint density at radius 3 is 2.00 bits per heavy atom. The largest absolute Gasteiger partial charge is 0.573 e. The number of piperazine rings is 1. The van der Waals surface area contributed by atoms with Gasteiger partial charge in [0.15, 0.2) is 0 Å². The summed E-state index contributed by atoms with van der Waals surface area (Å²) >= 11 is 0. The van der Waals surface area contributed by atoms with Gasteiger partial charge in [0.2, 0.25) is 11.8 Å². The number of alkyl halides is 3. The van der Waals surface area contributed by atoms with Gasteiger partial charge in [-0.15, -0.1) is 13.2 Å². The molecule has 32 heavy (non-hydrogen) atoms. The van der Waals surface area contributed by atoms with E-state index in [2.05, 4.69) is 15.0 Å². The molecule has 1 aliphatic heterocycles. The van der Waals surface area contributed by atoms with Crippen LogP contribution in [-0.4, -0.2) is 83.7 Å². The third-order valence-corrected chi connectivity index (χ3v) is 5.42. The molecule has 0 spiro atoms. The summed E-state index contributed by atoms with van der Waals surface area (Å²) in [6, 6.07) is 5.05. The number of ether oxygens (including phenoxy) is 1. The van der Waals surface area contributed by atoms with E-state index in [1.165, 1.54) is 12.1 Å². The number of carbonyl (C=O) groups is 2. The molecule has 1 heterocycles. The van der Waals surface area contributed by atoms with Gasteiger partial charge in [-0.05, 0) is 58.9 Å². The second-order valence-corrected chi connectivity index (χ2v) is 8.54. The van der Waals surface area contributed by atoms with Crippen molar-refractivity contribution in [3.05, 3.63) is 24.3 Å². The maximum absolute atomic E-state index is 12.9. The fourth-order valence-electron chi connectivity index (χ4n) is 3.93. The number of anilines is 1. The molecule has 1 atom stereocenters. The van der Waals surface area contributed by atoms with Crippen LogP contribution in [0.4, 0.5) is 18.9 Å². The van der Waals surface area contributed by atoms with Crippen LogP contribution in [0.15, 0.2) is 24.3 Å². The van der Waals surface area contributed by atoms with Crippen molar-refractivity contribution in [1.29, 1.82) is 0 Å². The van der Waals surface area contributed by atoms with Gasteiger partial charge >= 0.3 is 6.36 Å². The number of hydrogen-bond acceptors (Lipinski definition) is 5. The van der Waals surface area contributed by atoms with E-state index in [9.17, 15) is 22.8 Å². The van der Waals surface area contributed by atoms with Crippen molar-refractivity contribution in [3.8, 4) is 5.75 Å². The van der Waals surface area contributed by atoms with Crippen molar-refractivity contribution in [2.45, 2.75) is 59.1 Å². The minimum atomic E-state index is -4.75. The van der Waals surface area contributed by atoms with Crippen molar-refractivity contribution in [1.82, 2.24) is 14.7 Å². The Bertz CT molecular complexity index is 753. The molecule has 0 saturated carbocycles. The van der Waals surface area contributed by atoms with E-state index in [0.29, 0.717) is 31.9 Å². The summed E-state index contributed by atoms with van der Waals surface area (Å²) in [5.74, 6) is -0.485. The monoisotopic (exact) mass is 458 g/mol. The SMILES string of the molecule is CC(C(=O)N(C(C)C)C(C)C)N1CCN(CC(=O)Nc2ccc(OC(F)(F)F)cc2)CC1. The van der Waals surface area contributed by atoms with Gasteiger partial charge in [-0.3, -0.25) is 19.4 Å². The van der Waals surface area contributed by atoms with E-state index in [-0.39, 0.29) is 42.2 Å². The van der Waals surface area contributed by atoms with Crippen molar-refractivity contribution in [3.63, 3.8) is 0 Å². The highest BCUT2D eigenvalue weighted by atomic mass is 19.4. The number of halogens is 3. The van der Waals surface area contributed by atoms with Crippen LogP contribution >= 0.6 is 0 Å². The summed E-state index contributed by atoms with van der Waals surface area (Å²) in [4.78, 5) is 31.3. The lowest BCUT2D eigenvalue weighted by molar-refractivity contribution is -0.274. The normalized spacial score (nSPS) is 16.8. The highest BCUT2D eigenvalue weighted by Gasteiger charge is 2.32. The van der Waals surface area contributed by atoms with E-state index in [1.54, 1.807) is 0 Å². The molecule has 1 aromatic rings. The van der Waals surface area contributed by atoms with E-state index < -0.39 is 6.36 Å². The van der Waals surface area contributed by atoms with Crippen LogP contribution in [-0.2, 0) is 9.59 Å². The van der Waals surface area contributed by atoms with E-state index in [0.717, 1.165) is 12.1 Å². The van der Waals surface area contributed by atoms with Crippen molar-refractivity contribution >= 4 is 17.5 Å². The average molecular weight is 459 g/mol. The maximum Gasteiger partial charge on any atom is 0.573 e. The second kappa shape index (κ2) is 11.0. The number of amides is 2. The third kappa shape index (κ3) is 7.67. The fraction of sp³-hybridized carbons (Fsp3) is 0.636. The molecule has 0 aliphatic carbocycles. The number of rotatable bonds is 8. The first-order chi connectivity index (χ1) is 14.9. The maximum atomic E-state index is 12.9. The molecule has 10 heteroatoms. The van der Waals surface area contributed by atoms with Gasteiger partial charge in [0.05, 0.1) is 12.6 Å². The molecule has 7 nitrogen and oxygen atoms in total. The highest BCUT2D eigenvalue weighted by Crippen LogP contribution is 2.24. The van der Waals surface area contributed by atoms with E-state index in [4.69, 9.17) is 0 Å². The molecule has 1 fully saturated rings. The van der Waals surface area contributed by atoms with Gasteiger partial charge in [-0.25, -0.2) is 0 Å². The topological polar surface area (TPSA) is 65.1 Å². The van der Waals surface area contributed by atoms with Gasteiger partial charge in [0, 0.05) is 44.0 Å². The summed E-state index contributed by atoms with van der Waals surface area (Å²) in [5.41, 5.74) is 0.393. The van der Waals surface area contributed by atoms with Gasteiger partial charge in [-0.2, -0.15) is 0 Å². The van der Waals surface area contributed by atoms with Crippen LogP contribution < -0.4 is 10.1 Å². The highest BCUT2D eigenvalue weighted by molar-refractivity contribution is 5.92. The van der Waals surface area contributed by atoms with Crippen LogP contribution in [0.2, 0.25) is 0 Å². The van der Waals surface area contributed by atoms with Crippen LogP contribution in [0, 0.1) is 0 Å². The first-order valence-corrected chi connectivity index (χ1v) is 10.8. The summed E-state index contributed by atoms with van der Waals surface area (Å²) in [5, 5.41) is 2.68. The molecular weight excluding hydrogens is 425 g/mol. The van der Waals surface area contributed by atoms with Crippen LogP contribution in [0.1, 0.15) is 34.6 Å². The first kappa shape index (κ1) is 25.9. The van der Waals surface area contributed by atoms with Crippen LogP contribution in [0.5, 0.6) is 5.75 Å². The standard InChI is InChI=1S/C22H33F3N4O3/c1-15(2)29(16(3)4)21(31)17(5)28-12-10-27(11-13-28)14-20(30)26-18-6-8-19(9-7-18)32-22(23,24)25/h6-9,15-17H,10-14H2,1-5H3,(H,26,30). The molecule has 0 bridgehead atoms. The van der Waals surface area contributed by atoms with Crippen molar-refractivity contribution in [2.75, 3.05) is 38.0 Å². The molecule has 2 amide bonds. The predicted octanol–water partition coefficient (Wildman–Crippen LogP) is 3.18. The fourth-order valence-corrected chi connectivity index (χ4v) is 3.93. The minimum absolute atomic E-state index is 0.110. The molecular formula is C22H33F3N4O3. The number of benzene rings is 1. The van der Waals surface area contributed by atoms with Crippen LogP contribution in [0.25, 0.3) is 0 Å². The van der Waals surface area contributed by atoms with E-state index in [1.807, 2.05) is 44.4 Å². The van der Waals surface area contributed by atoms with Gasteiger partial charge in [0.1, 0.15) is 5.75 Å². The quantitative estimate of drug-likeness (QED) is 0.648. The lowest BCUT2D eigenvalue weighted by atomic mass is 10.1. The van der Waals surface area contributed by atoms with Gasteiger partial charge in [-0.1, -0.05) is 0 Å². The van der Waals surface area contributed by atoms with Gasteiger partial charge in [0.25, 0.3) is 0 Å². The molecule has 1 unspecified atom stereocenters. The third-order valence-electron chi connectivity index (χ3n) is 5.42. The zero-order valence-corrected chi connectivity index (χ0v) is 19.3. The smallest absolute Gasteiger partial charge is 0.406 e. The van der Waals surface area contributed by atoms with Crippen molar-refractivity contribution in [2.24, 2.45) is 0 Å². The Hall–Kier alpha value is -2.33. The predicted molar refractivity (Wildman–Crippen MR) is 116 cm³/mol. The Kier molecular flexibility index (Phi) is 8.91. The summed E-state index contributed by atoms with van der Waals surface area (Å²) in [7, 11) is 0. The lowest BCUT2D eigenvalue weighted by Crippen LogP contribution is -2.57. The average Bonchev–Trinajstić information content (AvgIpc) is 2.67. The Morgan fingerprint density at radius 1 is 1.00 bits per heavy atom. The van der Waals surface area contributed by atoms with Gasteiger partial charge < -0.3 is 15.0 Å². The molecule has 1 N–H and O–H groups in total. The summed E-state index contributed by atoms with van der Waals surface area (Å²) in [6.07, 6.45) is -4.75. The van der Waals surface area contributed by atoms with Crippen LogP contribution in [0.3, 0.4) is 0 Å². The molecule has 0 aromatic heterocycles. The Balaban J connectivity index is 1.81. The number of nitrogens with one attached hydrogen (secondary N) is 1. The van der Waals surface area contributed by atoms with Crippen molar-refractivity contribution < 1.29 is 27.5 Å². The molecule has 2 rings (SSSR count). The zero-order chi connectivity index (χ0) is 24.1. The number of carbonyl (C=O) groups excluding carboxylic acids is 2. The lowest BCUT2D eigenvalue weighted by Gasteiger charge is -2.40. The summed E-state index contributed by atoms with van der Waals surface area (Å²) in [6.45, 7) is 12.8. The summed E-state index contributed by atoms with van der Waals surface area (Å²) < 4.78 is 40.5. The second-order valence-electron chi connectivity index (χ2n) is 8.54. The molecule has 1 aromatic carbocycles. The number of nitrogens with zero attached hydrogens (tertiary/aromatic N) is 3. The molecule has 180 valence electrons. The Morgan fingerprint density at radius 2 is 1.53 bits per heavy atom. The molecule has 1 aliphatic rings. The van der Waals surface area contributed by atoms with E-state index >= 15 is 0 Å².